The second kappa shape index (κ2) is 6.92. The van der Waals surface area contributed by atoms with Gasteiger partial charge in [0.2, 0.25) is 0 Å². The SMILES string of the molecule is C=C(/C=C(\C(O)=C(/C)C(C)(C)C)C(C)(C)C)CCC=O. The second-order valence-corrected chi connectivity index (χ2v) is 7.40. The molecule has 114 valence electrons. The van der Waals surface area contributed by atoms with Crippen molar-refractivity contribution in [3.63, 3.8) is 0 Å². The number of aliphatic hydroxyl groups excluding tert-OH is 1. The van der Waals surface area contributed by atoms with Crippen LogP contribution in [0.15, 0.2) is 35.1 Å². The van der Waals surface area contributed by atoms with E-state index < -0.39 is 0 Å². The first kappa shape index (κ1) is 18.7. The lowest BCUT2D eigenvalue weighted by Gasteiger charge is -2.28. The molecule has 0 radical (unpaired) electrons. The van der Waals surface area contributed by atoms with E-state index in [1.807, 2.05) is 13.0 Å². The Hall–Kier alpha value is -1.31. The third-order valence-electron chi connectivity index (χ3n) is 3.48. The van der Waals surface area contributed by atoms with E-state index >= 15 is 0 Å². The predicted molar refractivity (Wildman–Crippen MR) is 86.8 cm³/mol. The summed E-state index contributed by atoms with van der Waals surface area (Å²) < 4.78 is 0. The minimum absolute atomic E-state index is 0.0848. The van der Waals surface area contributed by atoms with Crippen molar-refractivity contribution >= 4 is 6.29 Å². The fourth-order valence-corrected chi connectivity index (χ4v) is 1.72. The lowest BCUT2D eigenvalue weighted by atomic mass is 9.78. The molecule has 2 heteroatoms. The highest BCUT2D eigenvalue weighted by Crippen LogP contribution is 2.37. The van der Waals surface area contributed by atoms with Gasteiger partial charge in [-0.3, -0.25) is 0 Å². The zero-order valence-electron chi connectivity index (χ0n) is 14.1. The number of allylic oxidation sites excluding steroid dienone is 4. The average molecular weight is 278 g/mol. The monoisotopic (exact) mass is 278 g/mol. The van der Waals surface area contributed by atoms with Crippen molar-refractivity contribution in [2.45, 2.75) is 61.3 Å². The van der Waals surface area contributed by atoms with Crippen molar-refractivity contribution < 1.29 is 9.90 Å². The molecule has 0 saturated heterocycles. The van der Waals surface area contributed by atoms with Gasteiger partial charge in [0.1, 0.15) is 12.0 Å². The van der Waals surface area contributed by atoms with Crippen molar-refractivity contribution in [1.29, 1.82) is 0 Å². The van der Waals surface area contributed by atoms with E-state index in [1.165, 1.54) is 0 Å². The summed E-state index contributed by atoms with van der Waals surface area (Å²) in [6, 6.07) is 0. The second-order valence-electron chi connectivity index (χ2n) is 7.40. The van der Waals surface area contributed by atoms with E-state index in [4.69, 9.17) is 0 Å². The fraction of sp³-hybridized carbons (Fsp3) is 0.611. The molecule has 0 heterocycles. The maximum absolute atomic E-state index is 10.6. The van der Waals surface area contributed by atoms with Crippen LogP contribution in [0.5, 0.6) is 0 Å². The maximum atomic E-state index is 10.6. The van der Waals surface area contributed by atoms with Crippen LogP contribution in [0.2, 0.25) is 0 Å². The van der Waals surface area contributed by atoms with Crippen LogP contribution >= 0.6 is 0 Å². The molecule has 20 heavy (non-hydrogen) atoms. The molecule has 2 nitrogen and oxygen atoms in total. The van der Waals surface area contributed by atoms with Crippen LogP contribution in [0.25, 0.3) is 0 Å². The minimum atomic E-state index is -0.180. The topological polar surface area (TPSA) is 37.3 Å². The van der Waals surface area contributed by atoms with Crippen molar-refractivity contribution in [2.24, 2.45) is 10.8 Å². The number of carbonyl (C=O) groups is 1. The Morgan fingerprint density at radius 3 is 1.95 bits per heavy atom. The van der Waals surface area contributed by atoms with Gasteiger partial charge < -0.3 is 9.90 Å². The summed E-state index contributed by atoms with van der Waals surface area (Å²) in [4.78, 5) is 10.4. The van der Waals surface area contributed by atoms with Gasteiger partial charge in [-0.15, -0.1) is 0 Å². The first-order valence-corrected chi connectivity index (χ1v) is 7.15. The third-order valence-corrected chi connectivity index (χ3v) is 3.48. The van der Waals surface area contributed by atoms with Gasteiger partial charge in [0.25, 0.3) is 0 Å². The Bertz CT molecular complexity index is 423. The Kier molecular flexibility index (Phi) is 6.46. The Balaban J connectivity index is 5.67. The van der Waals surface area contributed by atoms with E-state index in [2.05, 4.69) is 48.1 Å². The van der Waals surface area contributed by atoms with Crippen molar-refractivity contribution in [3.05, 3.63) is 35.1 Å². The summed E-state index contributed by atoms with van der Waals surface area (Å²) >= 11 is 0. The molecule has 0 aliphatic heterocycles. The largest absolute Gasteiger partial charge is 0.508 e. The van der Waals surface area contributed by atoms with E-state index in [9.17, 15) is 9.90 Å². The van der Waals surface area contributed by atoms with Gasteiger partial charge in [0, 0.05) is 6.42 Å². The molecule has 0 atom stereocenters. The van der Waals surface area contributed by atoms with E-state index in [-0.39, 0.29) is 10.8 Å². The van der Waals surface area contributed by atoms with E-state index in [0.717, 1.165) is 23.0 Å². The zero-order valence-corrected chi connectivity index (χ0v) is 14.1. The number of rotatable bonds is 5. The summed E-state index contributed by atoms with van der Waals surface area (Å²) in [7, 11) is 0. The van der Waals surface area contributed by atoms with E-state index in [0.29, 0.717) is 18.6 Å². The lowest BCUT2D eigenvalue weighted by molar-refractivity contribution is -0.107. The number of carbonyl (C=O) groups excluding carboxylic acids is 1. The molecule has 0 aromatic carbocycles. The fourth-order valence-electron chi connectivity index (χ4n) is 1.72. The van der Waals surface area contributed by atoms with Crippen molar-refractivity contribution in [2.75, 3.05) is 0 Å². The van der Waals surface area contributed by atoms with E-state index in [1.54, 1.807) is 0 Å². The molecule has 0 fully saturated rings. The molecule has 0 aromatic heterocycles. The highest BCUT2D eigenvalue weighted by molar-refractivity contribution is 5.50. The smallest absolute Gasteiger partial charge is 0.120 e. The predicted octanol–water partition coefficient (Wildman–Crippen LogP) is 5.37. The normalized spacial score (nSPS) is 14.8. The maximum Gasteiger partial charge on any atom is 0.120 e. The van der Waals surface area contributed by atoms with Crippen LogP contribution in [-0.2, 0) is 4.79 Å². The Morgan fingerprint density at radius 1 is 1.10 bits per heavy atom. The molecule has 0 rings (SSSR count). The van der Waals surface area contributed by atoms with Gasteiger partial charge in [-0.05, 0) is 35.3 Å². The summed E-state index contributed by atoms with van der Waals surface area (Å²) in [6.07, 6.45) is 3.92. The standard InChI is InChI=1S/C18H30O2/c1-13(10-9-11-19)12-15(18(6,7)8)16(20)14(2)17(3,4)5/h11-12,20H,1,9-10H2,2-8H3/b15-12+,16-14-. The Morgan fingerprint density at radius 2 is 1.60 bits per heavy atom. The molecule has 0 saturated carbocycles. The van der Waals surface area contributed by atoms with Gasteiger partial charge in [0.05, 0.1) is 0 Å². The van der Waals surface area contributed by atoms with Gasteiger partial charge >= 0.3 is 0 Å². The average Bonchev–Trinajstić information content (AvgIpc) is 2.28. The molecule has 0 unspecified atom stereocenters. The van der Waals surface area contributed by atoms with Gasteiger partial charge in [-0.2, -0.15) is 0 Å². The molecular formula is C18H30O2. The van der Waals surface area contributed by atoms with Crippen LogP contribution in [-0.4, -0.2) is 11.4 Å². The minimum Gasteiger partial charge on any atom is -0.508 e. The molecular weight excluding hydrogens is 248 g/mol. The molecule has 0 aliphatic rings. The van der Waals surface area contributed by atoms with Gasteiger partial charge in [-0.1, -0.05) is 59.8 Å². The molecule has 0 aromatic rings. The highest BCUT2D eigenvalue weighted by atomic mass is 16.3. The van der Waals surface area contributed by atoms with Crippen LogP contribution in [0, 0.1) is 10.8 Å². The van der Waals surface area contributed by atoms with Gasteiger partial charge in [0.15, 0.2) is 0 Å². The quantitative estimate of drug-likeness (QED) is 0.417. The molecule has 1 N–H and O–H groups in total. The number of hydrogen-bond donors (Lipinski definition) is 1. The van der Waals surface area contributed by atoms with Crippen LogP contribution in [0.4, 0.5) is 0 Å². The first-order chi connectivity index (χ1) is 8.91. The summed E-state index contributed by atoms with van der Waals surface area (Å²) in [5.41, 5.74) is 2.44. The first-order valence-electron chi connectivity index (χ1n) is 7.15. The zero-order chi connectivity index (χ0) is 16.1. The number of aliphatic hydroxyl groups is 1. The van der Waals surface area contributed by atoms with Crippen LogP contribution in [0.1, 0.15) is 61.3 Å². The number of aldehydes is 1. The molecule has 0 aliphatic carbocycles. The lowest BCUT2D eigenvalue weighted by Crippen LogP contribution is -2.17. The Labute approximate surface area is 124 Å². The highest BCUT2D eigenvalue weighted by Gasteiger charge is 2.26. The van der Waals surface area contributed by atoms with Crippen molar-refractivity contribution in [3.8, 4) is 0 Å². The third kappa shape index (κ3) is 5.77. The molecule has 0 bridgehead atoms. The van der Waals surface area contributed by atoms with Gasteiger partial charge in [-0.25, -0.2) is 0 Å². The summed E-state index contributed by atoms with van der Waals surface area (Å²) in [5, 5.41) is 10.6. The molecule has 0 amide bonds. The summed E-state index contributed by atoms with van der Waals surface area (Å²) in [5.74, 6) is 0.345. The van der Waals surface area contributed by atoms with Crippen molar-refractivity contribution in [1.82, 2.24) is 0 Å². The number of hydrogen-bond acceptors (Lipinski definition) is 2. The summed E-state index contributed by atoms with van der Waals surface area (Å²) in [6.45, 7) is 18.4. The molecule has 0 spiro atoms. The van der Waals surface area contributed by atoms with Crippen LogP contribution < -0.4 is 0 Å². The van der Waals surface area contributed by atoms with Crippen LogP contribution in [0.3, 0.4) is 0 Å².